The smallest absolute Gasteiger partial charge is 0.254 e. The summed E-state index contributed by atoms with van der Waals surface area (Å²) in [6.45, 7) is 0.401. The van der Waals surface area contributed by atoms with Crippen LogP contribution in [-0.4, -0.2) is 22.8 Å². The lowest BCUT2D eigenvalue weighted by Gasteiger charge is -2.15. The summed E-state index contributed by atoms with van der Waals surface area (Å²) in [7, 11) is 1.53. The van der Waals surface area contributed by atoms with Crippen molar-refractivity contribution in [2.45, 2.75) is 12.6 Å². The Morgan fingerprint density at radius 2 is 1.79 bits per heavy atom. The fourth-order valence-electron chi connectivity index (χ4n) is 2.48. The predicted molar refractivity (Wildman–Crippen MR) is 91.6 cm³/mol. The molecule has 3 aromatic rings. The molecule has 0 saturated heterocycles. The number of carbonyl (C=O) groups is 1. The van der Waals surface area contributed by atoms with Gasteiger partial charge in [-0.1, -0.05) is 48.5 Å². The minimum atomic E-state index is -0.615. The van der Waals surface area contributed by atoms with Crippen molar-refractivity contribution >= 4 is 5.91 Å². The monoisotopic (exact) mass is 321 g/mol. The second-order valence-corrected chi connectivity index (χ2v) is 5.37. The molecular weight excluding hydrogens is 302 g/mol. The van der Waals surface area contributed by atoms with Crippen LogP contribution in [0.4, 0.5) is 0 Å². The van der Waals surface area contributed by atoms with Crippen LogP contribution in [0.1, 0.15) is 17.2 Å². The van der Waals surface area contributed by atoms with Gasteiger partial charge in [-0.15, -0.1) is 0 Å². The SMILES string of the molecule is CO[C@H](C(=O)NCc1cnn(-c2ccccc2)c1)c1ccccc1. The zero-order chi connectivity index (χ0) is 16.8. The number of ether oxygens (including phenoxy) is 1. The van der Waals surface area contributed by atoms with Crippen molar-refractivity contribution in [1.82, 2.24) is 15.1 Å². The van der Waals surface area contributed by atoms with Crippen molar-refractivity contribution in [3.05, 3.63) is 84.2 Å². The number of para-hydroxylation sites is 1. The maximum atomic E-state index is 12.4. The lowest BCUT2D eigenvalue weighted by atomic mass is 10.1. The molecule has 1 aromatic heterocycles. The molecule has 3 rings (SSSR count). The number of nitrogens with zero attached hydrogens (tertiary/aromatic N) is 2. The van der Waals surface area contributed by atoms with E-state index in [4.69, 9.17) is 4.74 Å². The molecule has 0 saturated carbocycles. The van der Waals surface area contributed by atoms with Gasteiger partial charge < -0.3 is 10.1 Å². The highest BCUT2D eigenvalue weighted by Gasteiger charge is 2.19. The molecular formula is C19H19N3O2. The molecule has 24 heavy (non-hydrogen) atoms. The summed E-state index contributed by atoms with van der Waals surface area (Å²) in [5.41, 5.74) is 2.74. The summed E-state index contributed by atoms with van der Waals surface area (Å²) in [6, 6.07) is 19.3. The van der Waals surface area contributed by atoms with Crippen LogP contribution in [-0.2, 0) is 16.1 Å². The summed E-state index contributed by atoms with van der Waals surface area (Å²) < 4.78 is 7.11. The Bertz CT molecular complexity index is 785. The summed E-state index contributed by atoms with van der Waals surface area (Å²) in [5.74, 6) is -0.170. The van der Waals surface area contributed by atoms with E-state index in [0.717, 1.165) is 16.8 Å². The number of hydrogen-bond acceptors (Lipinski definition) is 3. The van der Waals surface area contributed by atoms with Crippen LogP contribution in [0.5, 0.6) is 0 Å². The molecule has 0 unspecified atom stereocenters. The number of methoxy groups -OCH3 is 1. The third-order valence-electron chi connectivity index (χ3n) is 3.70. The second kappa shape index (κ2) is 7.57. The number of amides is 1. The zero-order valence-corrected chi connectivity index (χ0v) is 13.4. The van der Waals surface area contributed by atoms with Gasteiger partial charge in [0.2, 0.25) is 0 Å². The Morgan fingerprint density at radius 3 is 2.46 bits per heavy atom. The van der Waals surface area contributed by atoms with Gasteiger partial charge in [0.1, 0.15) is 0 Å². The van der Waals surface area contributed by atoms with Gasteiger partial charge in [-0.25, -0.2) is 4.68 Å². The molecule has 1 amide bonds. The third kappa shape index (κ3) is 3.70. The Morgan fingerprint density at radius 1 is 1.12 bits per heavy atom. The van der Waals surface area contributed by atoms with Crippen molar-refractivity contribution in [2.24, 2.45) is 0 Å². The lowest BCUT2D eigenvalue weighted by Crippen LogP contribution is -2.29. The van der Waals surface area contributed by atoms with Crippen molar-refractivity contribution in [2.75, 3.05) is 7.11 Å². The van der Waals surface area contributed by atoms with E-state index in [1.165, 1.54) is 7.11 Å². The van der Waals surface area contributed by atoms with Gasteiger partial charge >= 0.3 is 0 Å². The van der Waals surface area contributed by atoms with Gasteiger partial charge in [0.15, 0.2) is 6.10 Å². The van der Waals surface area contributed by atoms with E-state index >= 15 is 0 Å². The van der Waals surface area contributed by atoms with E-state index in [-0.39, 0.29) is 5.91 Å². The maximum Gasteiger partial charge on any atom is 0.254 e. The molecule has 0 radical (unpaired) electrons. The van der Waals surface area contributed by atoms with Crippen LogP contribution < -0.4 is 5.32 Å². The van der Waals surface area contributed by atoms with Crippen LogP contribution in [0.25, 0.3) is 5.69 Å². The molecule has 0 fully saturated rings. The number of rotatable bonds is 6. The van der Waals surface area contributed by atoms with Crippen LogP contribution in [0.15, 0.2) is 73.1 Å². The first-order valence-electron chi connectivity index (χ1n) is 7.72. The maximum absolute atomic E-state index is 12.4. The minimum Gasteiger partial charge on any atom is -0.367 e. The van der Waals surface area contributed by atoms with Crippen LogP contribution in [0.3, 0.4) is 0 Å². The number of nitrogens with one attached hydrogen (secondary N) is 1. The highest BCUT2D eigenvalue weighted by molar-refractivity contribution is 5.82. The molecule has 0 spiro atoms. The van der Waals surface area contributed by atoms with Gasteiger partial charge in [-0.3, -0.25) is 4.79 Å². The molecule has 0 bridgehead atoms. The van der Waals surface area contributed by atoms with E-state index < -0.39 is 6.10 Å². The lowest BCUT2D eigenvalue weighted by molar-refractivity contribution is -0.131. The van der Waals surface area contributed by atoms with Gasteiger partial charge in [0, 0.05) is 25.4 Å². The topological polar surface area (TPSA) is 56.1 Å². The summed E-state index contributed by atoms with van der Waals surface area (Å²) in [5, 5.41) is 7.22. The first kappa shape index (κ1) is 16.0. The average Bonchev–Trinajstić information content (AvgIpc) is 3.11. The predicted octanol–water partition coefficient (Wildman–Crippen LogP) is 2.88. The summed E-state index contributed by atoms with van der Waals surface area (Å²) in [4.78, 5) is 12.4. The highest BCUT2D eigenvalue weighted by Crippen LogP contribution is 2.16. The van der Waals surface area contributed by atoms with Crippen LogP contribution >= 0.6 is 0 Å². The minimum absolute atomic E-state index is 0.170. The molecule has 2 aromatic carbocycles. The molecule has 5 heteroatoms. The quantitative estimate of drug-likeness (QED) is 0.759. The van der Waals surface area contributed by atoms with Crippen molar-refractivity contribution in [1.29, 1.82) is 0 Å². The van der Waals surface area contributed by atoms with Gasteiger partial charge in [0.25, 0.3) is 5.91 Å². The van der Waals surface area contributed by atoms with Crippen LogP contribution in [0, 0.1) is 0 Å². The van der Waals surface area contributed by atoms with E-state index in [2.05, 4.69) is 10.4 Å². The van der Waals surface area contributed by atoms with Gasteiger partial charge in [-0.05, 0) is 17.7 Å². The Hall–Kier alpha value is -2.92. The Balaban J connectivity index is 1.63. The zero-order valence-electron chi connectivity index (χ0n) is 13.4. The van der Waals surface area contributed by atoms with E-state index in [1.807, 2.05) is 66.9 Å². The molecule has 0 aliphatic carbocycles. The summed E-state index contributed by atoms with van der Waals surface area (Å²) in [6.07, 6.45) is 3.03. The molecule has 5 nitrogen and oxygen atoms in total. The number of carbonyl (C=O) groups excluding carboxylic acids is 1. The summed E-state index contributed by atoms with van der Waals surface area (Å²) >= 11 is 0. The molecule has 1 atom stereocenters. The standard InChI is InChI=1S/C19H19N3O2/c1-24-18(16-8-4-2-5-9-16)19(23)20-12-15-13-21-22(14-15)17-10-6-3-7-11-17/h2-11,13-14,18H,12H2,1H3,(H,20,23)/t18-/m0/s1. The van der Waals surface area contributed by atoms with Crippen molar-refractivity contribution in [3.8, 4) is 5.69 Å². The molecule has 0 aliphatic rings. The van der Waals surface area contributed by atoms with Gasteiger partial charge in [0.05, 0.1) is 11.9 Å². The van der Waals surface area contributed by atoms with Crippen molar-refractivity contribution < 1.29 is 9.53 Å². The molecule has 0 aliphatic heterocycles. The number of hydrogen-bond donors (Lipinski definition) is 1. The number of aromatic nitrogens is 2. The second-order valence-electron chi connectivity index (χ2n) is 5.37. The van der Waals surface area contributed by atoms with E-state index in [0.29, 0.717) is 6.54 Å². The third-order valence-corrected chi connectivity index (χ3v) is 3.70. The highest BCUT2D eigenvalue weighted by atomic mass is 16.5. The molecule has 122 valence electrons. The average molecular weight is 321 g/mol. The first-order chi connectivity index (χ1) is 11.8. The molecule has 1 N–H and O–H groups in total. The largest absolute Gasteiger partial charge is 0.367 e. The molecule has 1 heterocycles. The van der Waals surface area contributed by atoms with Crippen molar-refractivity contribution in [3.63, 3.8) is 0 Å². The van der Waals surface area contributed by atoms with E-state index in [1.54, 1.807) is 10.9 Å². The Kier molecular flexibility index (Phi) is 5.03. The van der Waals surface area contributed by atoms with E-state index in [9.17, 15) is 4.79 Å². The van der Waals surface area contributed by atoms with Crippen LogP contribution in [0.2, 0.25) is 0 Å². The first-order valence-corrected chi connectivity index (χ1v) is 7.72. The van der Waals surface area contributed by atoms with Gasteiger partial charge in [-0.2, -0.15) is 5.10 Å². The number of benzene rings is 2. The normalized spacial score (nSPS) is 11.9. The fraction of sp³-hybridized carbons (Fsp3) is 0.158. The fourth-order valence-corrected chi connectivity index (χ4v) is 2.48. The Labute approximate surface area is 140 Å².